The van der Waals surface area contributed by atoms with Crippen LogP contribution in [0.25, 0.3) is 0 Å². The highest BCUT2D eigenvalue weighted by molar-refractivity contribution is 7.09. The molecule has 1 heterocycles. The Labute approximate surface area is 131 Å². The van der Waals surface area contributed by atoms with E-state index in [4.69, 9.17) is 21.4 Å². The second-order valence-corrected chi connectivity index (χ2v) is 5.53. The number of aliphatic hydroxyl groups excluding tert-OH is 1. The largest absolute Gasteiger partial charge is 0.394 e. The Balaban J connectivity index is 1.87. The van der Waals surface area contributed by atoms with Gasteiger partial charge >= 0.3 is 0 Å². The quantitative estimate of drug-likeness (QED) is 0.765. The third-order valence-electron chi connectivity index (χ3n) is 2.64. The molecule has 7 heteroatoms. The van der Waals surface area contributed by atoms with E-state index in [2.05, 4.69) is 10.3 Å². The number of benzene rings is 1. The molecular formula is C14H15ClN2O3S. The Morgan fingerprint density at radius 3 is 3.00 bits per heavy atom. The highest BCUT2D eigenvalue weighted by Gasteiger charge is 2.11. The molecular weight excluding hydrogens is 312 g/mol. The molecule has 0 aliphatic rings. The molecule has 0 atom stereocenters. The van der Waals surface area contributed by atoms with Gasteiger partial charge in [0.2, 0.25) is 0 Å². The standard InChI is InChI=1S/C14H15ClN2O3S/c15-11-4-2-1-3-10(11)7-16-14(19)12-9-21-13(17-12)8-20-6-5-18/h1-4,9,18H,5-8H2,(H,16,19). The summed E-state index contributed by atoms with van der Waals surface area (Å²) in [5.74, 6) is -0.250. The lowest BCUT2D eigenvalue weighted by molar-refractivity contribution is 0.0811. The maximum atomic E-state index is 12.0. The van der Waals surface area contributed by atoms with Gasteiger partial charge in [-0.15, -0.1) is 11.3 Å². The number of carbonyl (C=O) groups is 1. The van der Waals surface area contributed by atoms with Gasteiger partial charge in [-0.05, 0) is 11.6 Å². The van der Waals surface area contributed by atoms with Crippen molar-refractivity contribution in [2.45, 2.75) is 13.2 Å². The number of thiazole rings is 1. The summed E-state index contributed by atoms with van der Waals surface area (Å²) in [6.45, 7) is 0.875. The third-order valence-corrected chi connectivity index (χ3v) is 3.83. The van der Waals surface area contributed by atoms with Crippen molar-refractivity contribution in [3.05, 3.63) is 50.9 Å². The average molecular weight is 327 g/mol. The van der Waals surface area contributed by atoms with Gasteiger partial charge in [-0.3, -0.25) is 4.79 Å². The van der Waals surface area contributed by atoms with Gasteiger partial charge < -0.3 is 15.2 Å². The van der Waals surface area contributed by atoms with Gasteiger partial charge in [0, 0.05) is 16.9 Å². The Morgan fingerprint density at radius 1 is 1.43 bits per heavy atom. The van der Waals surface area contributed by atoms with Crippen molar-refractivity contribution < 1.29 is 14.6 Å². The number of aromatic nitrogens is 1. The molecule has 0 fully saturated rings. The van der Waals surface area contributed by atoms with E-state index in [0.717, 1.165) is 5.56 Å². The second-order valence-electron chi connectivity index (χ2n) is 4.18. The smallest absolute Gasteiger partial charge is 0.271 e. The molecule has 5 nitrogen and oxygen atoms in total. The number of aliphatic hydroxyl groups is 1. The summed E-state index contributed by atoms with van der Waals surface area (Å²) in [4.78, 5) is 16.2. The zero-order valence-corrected chi connectivity index (χ0v) is 12.8. The number of hydrogen-bond donors (Lipinski definition) is 2. The number of halogens is 1. The highest BCUT2D eigenvalue weighted by Crippen LogP contribution is 2.15. The molecule has 0 saturated heterocycles. The van der Waals surface area contributed by atoms with Crippen LogP contribution >= 0.6 is 22.9 Å². The summed E-state index contributed by atoms with van der Waals surface area (Å²) in [5.41, 5.74) is 1.21. The van der Waals surface area contributed by atoms with Crippen LogP contribution in [0.4, 0.5) is 0 Å². The first-order valence-electron chi connectivity index (χ1n) is 6.35. The first-order chi connectivity index (χ1) is 10.2. The molecule has 0 aliphatic heterocycles. The van der Waals surface area contributed by atoms with Crippen molar-refractivity contribution in [3.8, 4) is 0 Å². The van der Waals surface area contributed by atoms with Crippen LogP contribution < -0.4 is 5.32 Å². The Bertz CT molecular complexity index is 603. The van der Waals surface area contributed by atoms with E-state index in [1.807, 2.05) is 18.2 Å². The van der Waals surface area contributed by atoms with E-state index in [-0.39, 0.29) is 19.1 Å². The number of nitrogens with zero attached hydrogens (tertiary/aromatic N) is 1. The van der Waals surface area contributed by atoms with Crippen LogP contribution in [0.1, 0.15) is 21.1 Å². The Morgan fingerprint density at radius 2 is 2.24 bits per heavy atom. The summed E-state index contributed by atoms with van der Waals surface area (Å²) in [5, 5.41) is 14.4. The van der Waals surface area contributed by atoms with Gasteiger partial charge in [0.25, 0.3) is 5.91 Å². The van der Waals surface area contributed by atoms with Gasteiger partial charge in [-0.2, -0.15) is 0 Å². The van der Waals surface area contributed by atoms with E-state index >= 15 is 0 Å². The molecule has 0 saturated carbocycles. The number of nitrogens with one attached hydrogen (secondary N) is 1. The summed E-state index contributed by atoms with van der Waals surface area (Å²) in [6.07, 6.45) is 0. The van der Waals surface area contributed by atoms with Crippen molar-refractivity contribution in [1.29, 1.82) is 0 Å². The van der Waals surface area contributed by atoms with Crippen molar-refractivity contribution in [2.75, 3.05) is 13.2 Å². The number of hydrogen-bond acceptors (Lipinski definition) is 5. The Hall–Kier alpha value is -1.47. The lowest BCUT2D eigenvalue weighted by Gasteiger charge is -2.05. The van der Waals surface area contributed by atoms with E-state index in [1.165, 1.54) is 11.3 Å². The minimum Gasteiger partial charge on any atom is -0.394 e. The normalized spacial score (nSPS) is 10.6. The van der Waals surface area contributed by atoms with Crippen molar-refractivity contribution in [2.24, 2.45) is 0 Å². The highest BCUT2D eigenvalue weighted by atomic mass is 35.5. The molecule has 0 unspecified atom stereocenters. The summed E-state index contributed by atoms with van der Waals surface area (Å²) >= 11 is 7.38. The predicted molar refractivity (Wildman–Crippen MR) is 81.5 cm³/mol. The van der Waals surface area contributed by atoms with E-state index in [1.54, 1.807) is 11.4 Å². The van der Waals surface area contributed by atoms with Crippen LogP contribution in [0.2, 0.25) is 5.02 Å². The lowest BCUT2D eigenvalue weighted by atomic mass is 10.2. The molecule has 112 valence electrons. The average Bonchev–Trinajstić information content (AvgIpc) is 2.95. The van der Waals surface area contributed by atoms with Crippen LogP contribution in [0.3, 0.4) is 0 Å². The maximum Gasteiger partial charge on any atom is 0.271 e. The van der Waals surface area contributed by atoms with Crippen molar-refractivity contribution >= 4 is 28.8 Å². The first kappa shape index (κ1) is 15.9. The van der Waals surface area contributed by atoms with Crippen LogP contribution in [0.5, 0.6) is 0 Å². The number of ether oxygens (including phenoxy) is 1. The van der Waals surface area contributed by atoms with Gasteiger partial charge in [-0.1, -0.05) is 29.8 Å². The summed E-state index contributed by atoms with van der Waals surface area (Å²) in [6, 6.07) is 7.35. The third kappa shape index (κ3) is 4.78. The molecule has 2 aromatic rings. The molecule has 21 heavy (non-hydrogen) atoms. The first-order valence-corrected chi connectivity index (χ1v) is 7.61. The monoisotopic (exact) mass is 326 g/mol. The fourth-order valence-electron chi connectivity index (χ4n) is 1.61. The van der Waals surface area contributed by atoms with Gasteiger partial charge in [0.15, 0.2) is 0 Å². The van der Waals surface area contributed by atoms with Gasteiger partial charge in [0.05, 0.1) is 19.8 Å². The SMILES string of the molecule is O=C(NCc1ccccc1Cl)c1csc(COCCO)n1. The molecule has 2 rings (SSSR count). The van der Waals surface area contributed by atoms with Crippen LogP contribution in [-0.4, -0.2) is 29.2 Å². The number of rotatable bonds is 7. The molecule has 0 radical (unpaired) electrons. The fraction of sp³-hybridized carbons (Fsp3) is 0.286. The molecule has 0 spiro atoms. The van der Waals surface area contributed by atoms with E-state index in [9.17, 15) is 4.79 Å². The van der Waals surface area contributed by atoms with E-state index < -0.39 is 0 Å². The topological polar surface area (TPSA) is 71.5 Å². The summed E-state index contributed by atoms with van der Waals surface area (Å²) in [7, 11) is 0. The van der Waals surface area contributed by atoms with Crippen LogP contribution in [0, 0.1) is 0 Å². The molecule has 0 bridgehead atoms. The Kier molecular flexibility index (Phi) is 6.13. The van der Waals surface area contributed by atoms with Crippen molar-refractivity contribution in [3.63, 3.8) is 0 Å². The van der Waals surface area contributed by atoms with Crippen LogP contribution in [-0.2, 0) is 17.9 Å². The minimum atomic E-state index is -0.250. The molecule has 1 aromatic carbocycles. The fourth-order valence-corrected chi connectivity index (χ4v) is 2.53. The minimum absolute atomic E-state index is 0.0312. The van der Waals surface area contributed by atoms with Crippen LogP contribution in [0.15, 0.2) is 29.6 Å². The lowest BCUT2D eigenvalue weighted by Crippen LogP contribution is -2.23. The van der Waals surface area contributed by atoms with Crippen molar-refractivity contribution in [1.82, 2.24) is 10.3 Å². The molecule has 1 amide bonds. The number of amides is 1. The molecule has 0 aliphatic carbocycles. The molecule has 2 N–H and O–H groups in total. The number of carbonyl (C=O) groups excluding carboxylic acids is 1. The zero-order chi connectivity index (χ0) is 15.1. The maximum absolute atomic E-state index is 12.0. The summed E-state index contributed by atoms with van der Waals surface area (Å²) < 4.78 is 5.16. The zero-order valence-electron chi connectivity index (χ0n) is 11.2. The predicted octanol–water partition coefficient (Wildman–Crippen LogP) is 2.24. The van der Waals surface area contributed by atoms with E-state index in [0.29, 0.717) is 28.9 Å². The van der Waals surface area contributed by atoms with Gasteiger partial charge in [-0.25, -0.2) is 4.98 Å². The second kappa shape index (κ2) is 8.09. The molecule has 1 aromatic heterocycles. The van der Waals surface area contributed by atoms with Gasteiger partial charge in [0.1, 0.15) is 10.7 Å².